The molecule has 1 amide bonds. The lowest BCUT2D eigenvalue weighted by Crippen LogP contribution is -2.30. The average Bonchev–Trinajstić information content (AvgIpc) is 2.65. The molecule has 0 fully saturated rings. The van der Waals surface area contributed by atoms with Crippen LogP contribution >= 0.6 is 11.6 Å². The Morgan fingerprint density at radius 1 is 1.19 bits per heavy atom. The van der Waals surface area contributed by atoms with Gasteiger partial charge in [-0.2, -0.15) is 0 Å². The Morgan fingerprint density at radius 3 is 2.63 bits per heavy atom. The first-order chi connectivity index (χ1) is 12.9. The summed E-state index contributed by atoms with van der Waals surface area (Å²) in [4.78, 5) is 24.6. The highest BCUT2D eigenvalue weighted by Crippen LogP contribution is 2.22. The minimum Gasteiger partial charge on any atom is -0.496 e. The number of benzene rings is 2. The van der Waals surface area contributed by atoms with Crippen LogP contribution in [0.1, 0.15) is 29.8 Å². The minimum absolute atomic E-state index is 0.311. The van der Waals surface area contributed by atoms with Crippen LogP contribution in [0.2, 0.25) is 5.02 Å². The molecular weight excluding hydrogens is 370 g/mol. The number of hydrogen-bond acceptors (Lipinski definition) is 5. The van der Waals surface area contributed by atoms with Gasteiger partial charge in [0.2, 0.25) is 0 Å². The molecule has 2 aromatic rings. The van der Waals surface area contributed by atoms with E-state index in [1.165, 1.54) is 6.92 Å². The van der Waals surface area contributed by atoms with E-state index in [0.717, 1.165) is 5.56 Å². The molecule has 0 heterocycles. The molecule has 0 radical (unpaired) electrons. The van der Waals surface area contributed by atoms with Crippen molar-refractivity contribution in [3.8, 4) is 5.75 Å². The van der Waals surface area contributed by atoms with Crippen molar-refractivity contribution in [1.29, 1.82) is 0 Å². The lowest BCUT2D eigenvalue weighted by molar-refractivity contribution is -0.123. The number of halogens is 1. The minimum atomic E-state index is -0.978. The van der Waals surface area contributed by atoms with Crippen molar-refractivity contribution < 1.29 is 23.8 Å². The summed E-state index contributed by atoms with van der Waals surface area (Å²) < 4.78 is 15.9. The van der Waals surface area contributed by atoms with Gasteiger partial charge in [-0.3, -0.25) is 4.79 Å². The molecular formula is C20H22ClNO5. The third-order valence-electron chi connectivity index (χ3n) is 3.72. The summed E-state index contributed by atoms with van der Waals surface area (Å²) in [6.07, 6.45) is -0.978. The summed E-state index contributed by atoms with van der Waals surface area (Å²) in [6, 6.07) is 11.6. The molecule has 144 valence electrons. The van der Waals surface area contributed by atoms with Gasteiger partial charge in [-0.25, -0.2) is 4.79 Å². The lowest BCUT2D eigenvalue weighted by Gasteiger charge is -2.15. The second-order valence-electron chi connectivity index (χ2n) is 5.71. The van der Waals surface area contributed by atoms with Crippen molar-refractivity contribution in [2.45, 2.75) is 26.6 Å². The van der Waals surface area contributed by atoms with E-state index in [2.05, 4.69) is 5.32 Å². The summed E-state index contributed by atoms with van der Waals surface area (Å²) >= 11 is 5.89. The summed E-state index contributed by atoms with van der Waals surface area (Å²) in [5, 5.41) is 3.15. The van der Waals surface area contributed by atoms with Crippen LogP contribution < -0.4 is 10.1 Å². The van der Waals surface area contributed by atoms with Crippen LogP contribution in [0.25, 0.3) is 0 Å². The van der Waals surface area contributed by atoms with E-state index in [0.29, 0.717) is 35.2 Å². The van der Waals surface area contributed by atoms with Crippen LogP contribution in [-0.2, 0) is 20.9 Å². The highest BCUT2D eigenvalue weighted by Gasteiger charge is 2.20. The quantitative estimate of drug-likeness (QED) is 0.686. The van der Waals surface area contributed by atoms with Gasteiger partial charge in [0.05, 0.1) is 19.3 Å². The maximum Gasteiger partial charge on any atom is 0.338 e. The van der Waals surface area contributed by atoms with Gasteiger partial charge in [0.25, 0.3) is 5.91 Å². The molecule has 0 aliphatic heterocycles. The molecule has 0 unspecified atom stereocenters. The van der Waals surface area contributed by atoms with Crippen molar-refractivity contribution in [1.82, 2.24) is 0 Å². The van der Waals surface area contributed by atoms with Crippen LogP contribution in [0.15, 0.2) is 42.5 Å². The van der Waals surface area contributed by atoms with Crippen LogP contribution in [-0.4, -0.2) is 31.7 Å². The van der Waals surface area contributed by atoms with Crippen molar-refractivity contribution in [2.75, 3.05) is 19.0 Å². The first-order valence-corrected chi connectivity index (χ1v) is 8.84. The van der Waals surface area contributed by atoms with Gasteiger partial charge in [-0.1, -0.05) is 17.7 Å². The maximum atomic E-state index is 12.4. The van der Waals surface area contributed by atoms with E-state index in [-0.39, 0.29) is 0 Å². The summed E-state index contributed by atoms with van der Waals surface area (Å²) in [7, 11) is 1.55. The van der Waals surface area contributed by atoms with E-state index in [9.17, 15) is 9.59 Å². The normalized spacial score (nSPS) is 11.6. The van der Waals surface area contributed by atoms with E-state index < -0.39 is 18.0 Å². The largest absolute Gasteiger partial charge is 0.496 e. The van der Waals surface area contributed by atoms with Gasteiger partial charge < -0.3 is 19.5 Å². The predicted octanol–water partition coefficient (Wildman–Crippen LogP) is 4.07. The van der Waals surface area contributed by atoms with Gasteiger partial charge in [0.15, 0.2) is 6.10 Å². The number of amides is 1. The number of esters is 1. The van der Waals surface area contributed by atoms with Crippen LogP contribution in [0.4, 0.5) is 5.69 Å². The Bertz CT molecular complexity index is 809. The third kappa shape index (κ3) is 5.98. The SMILES string of the molecule is CCOCc1cc(C(=O)O[C@H](C)C(=O)Nc2cccc(Cl)c2)ccc1OC. The number of carbonyl (C=O) groups excluding carboxylic acids is 2. The second kappa shape index (κ2) is 9.94. The molecule has 1 atom stereocenters. The molecule has 0 saturated heterocycles. The van der Waals surface area contributed by atoms with Crippen molar-refractivity contribution in [3.05, 3.63) is 58.6 Å². The molecule has 6 nitrogen and oxygen atoms in total. The molecule has 0 bridgehead atoms. The van der Waals surface area contributed by atoms with Crippen LogP contribution in [0.3, 0.4) is 0 Å². The smallest absolute Gasteiger partial charge is 0.338 e. The van der Waals surface area contributed by atoms with Crippen LogP contribution in [0.5, 0.6) is 5.75 Å². The Balaban J connectivity index is 2.03. The van der Waals surface area contributed by atoms with Gasteiger partial charge in [-0.15, -0.1) is 0 Å². The fraction of sp³-hybridized carbons (Fsp3) is 0.300. The Hall–Kier alpha value is -2.57. The number of rotatable bonds is 8. The van der Waals surface area contributed by atoms with Crippen molar-refractivity contribution in [2.24, 2.45) is 0 Å². The zero-order valence-corrected chi connectivity index (χ0v) is 16.2. The lowest BCUT2D eigenvalue weighted by atomic mass is 10.1. The van der Waals surface area contributed by atoms with E-state index >= 15 is 0 Å². The van der Waals surface area contributed by atoms with Gasteiger partial charge in [0.1, 0.15) is 5.75 Å². The van der Waals surface area contributed by atoms with Crippen molar-refractivity contribution >= 4 is 29.2 Å². The Labute approximate surface area is 163 Å². The molecule has 1 N–H and O–H groups in total. The monoisotopic (exact) mass is 391 g/mol. The molecule has 0 aromatic heterocycles. The number of nitrogens with one attached hydrogen (secondary N) is 1. The third-order valence-corrected chi connectivity index (χ3v) is 3.96. The van der Waals surface area contributed by atoms with Crippen LogP contribution in [0, 0.1) is 0 Å². The molecule has 0 aliphatic carbocycles. The summed E-state index contributed by atoms with van der Waals surface area (Å²) in [5.74, 6) is -0.440. The molecule has 27 heavy (non-hydrogen) atoms. The summed E-state index contributed by atoms with van der Waals surface area (Å²) in [6.45, 7) is 4.23. The van der Waals surface area contributed by atoms with E-state index in [1.807, 2.05) is 6.92 Å². The zero-order chi connectivity index (χ0) is 19.8. The molecule has 2 aromatic carbocycles. The second-order valence-corrected chi connectivity index (χ2v) is 6.15. The number of ether oxygens (including phenoxy) is 3. The highest BCUT2D eigenvalue weighted by atomic mass is 35.5. The topological polar surface area (TPSA) is 73.9 Å². The zero-order valence-electron chi connectivity index (χ0n) is 15.5. The number of anilines is 1. The fourth-order valence-electron chi connectivity index (χ4n) is 2.32. The molecule has 0 saturated carbocycles. The molecule has 7 heteroatoms. The Kier molecular flexibility index (Phi) is 7.64. The first kappa shape index (κ1) is 20.7. The Morgan fingerprint density at radius 2 is 1.96 bits per heavy atom. The van der Waals surface area contributed by atoms with Gasteiger partial charge >= 0.3 is 5.97 Å². The highest BCUT2D eigenvalue weighted by molar-refractivity contribution is 6.30. The first-order valence-electron chi connectivity index (χ1n) is 8.46. The van der Waals surface area contributed by atoms with Crippen molar-refractivity contribution in [3.63, 3.8) is 0 Å². The standard InChI is InChI=1S/C20H22ClNO5/c1-4-26-12-15-10-14(8-9-18(15)25-3)20(24)27-13(2)19(23)22-17-7-5-6-16(21)11-17/h5-11,13H,4,12H2,1-3H3,(H,22,23)/t13-/m1/s1. The number of carbonyl (C=O) groups is 2. The fourth-order valence-corrected chi connectivity index (χ4v) is 2.51. The average molecular weight is 392 g/mol. The van der Waals surface area contributed by atoms with E-state index in [4.69, 9.17) is 25.8 Å². The van der Waals surface area contributed by atoms with Gasteiger partial charge in [0, 0.05) is 22.9 Å². The number of hydrogen-bond donors (Lipinski definition) is 1. The molecule has 0 spiro atoms. The molecule has 2 rings (SSSR count). The maximum absolute atomic E-state index is 12.4. The predicted molar refractivity (Wildman–Crippen MR) is 103 cm³/mol. The summed E-state index contributed by atoms with van der Waals surface area (Å²) in [5.41, 5.74) is 1.57. The van der Waals surface area contributed by atoms with Gasteiger partial charge in [-0.05, 0) is 50.2 Å². The number of methoxy groups -OCH3 is 1. The van der Waals surface area contributed by atoms with E-state index in [1.54, 1.807) is 49.6 Å². The molecule has 0 aliphatic rings.